The third-order valence-corrected chi connectivity index (χ3v) is 4.75. The molecular weight excluding hydrogens is 384 g/mol. The molecule has 2 heterocycles. The molecule has 1 aromatic heterocycles. The maximum Gasteiger partial charge on any atom is 0.257 e. The number of rotatable bonds is 9. The van der Waals surface area contributed by atoms with Crippen molar-refractivity contribution in [3.8, 4) is 17.2 Å². The summed E-state index contributed by atoms with van der Waals surface area (Å²) in [6, 6.07) is 13.9. The molecule has 2 aromatic carbocycles. The summed E-state index contributed by atoms with van der Waals surface area (Å²) in [6.07, 6.45) is 5.36. The summed E-state index contributed by atoms with van der Waals surface area (Å²) in [6.45, 7) is 3.29. The zero-order valence-corrected chi connectivity index (χ0v) is 16.8. The van der Waals surface area contributed by atoms with E-state index in [1.54, 1.807) is 0 Å². The second-order valence-electron chi connectivity index (χ2n) is 6.94. The molecule has 1 aliphatic heterocycles. The zero-order chi connectivity index (χ0) is 20.8. The van der Waals surface area contributed by atoms with E-state index in [2.05, 4.69) is 28.5 Å². The number of tetrazole rings is 1. The molecule has 8 heteroatoms. The molecule has 0 aliphatic carbocycles. The minimum atomic E-state index is 0.160. The lowest BCUT2D eigenvalue weighted by Gasteiger charge is -2.18. The summed E-state index contributed by atoms with van der Waals surface area (Å²) in [5, 5.41) is 20.2. The van der Waals surface area contributed by atoms with Gasteiger partial charge in [-0.1, -0.05) is 42.5 Å². The van der Waals surface area contributed by atoms with E-state index in [-0.39, 0.29) is 5.82 Å². The van der Waals surface area contributed by atoms with Gasteiger partial charge >= 0.3 is 0 Å². The van der Waals surface area contributed by atoms with Gasteiger partial charge in [-0.3, -0.25) is 0 Å². The number of para-hydroxylation sites is 1. The fourth-order valence-electron chi connectivity index (χ4n) is 3.27. The van der Waals surface area contributed by atoms with Crippen molar-refractivity contribution in [1.29, 1.82) is 0 Å². The molecule has 8 nitrogen and oxygen atoms in total. The van der Waals surface area contributed by atoms with Crippen LogP contribution in [0.4, 0.5) is 0 Å². The van der Waals surface area contributed by atoms with Gasteiger partial charge < -0.3 is 19.4 Å². The number of ether oxygens (including phenoxy) is 3. The third kappa shape index (κ3) is 4.53. The topological polar surface area (TPSA) is 91.5 Å². The molecule has 0 spiro atoms. The minimum Gasteiger partial charge on any atom is -0.493 e. The van der Waals surface area contributed by atoms with E-state index in [9.17, 15) is 5.21 Å². The van der Waals surface area contributed by atoms with Gasteiger partial charge in [0.05, 0.1) is 13.2 Å². The van der Waals surface area contributed by atoms with Crippen molar-refractivity contribution in [3.63, 3.8) is 0 Å². The maximum absolute atomic E-state index is 9.62. The van der Waals surface area contributed by atoms with Gasteiger partial charge in [0.25, 0.3) is 5.82 Å². The molecule has 0 atom stereocenters. The molecule has 156 valence electrons. The second kappa shape index (κ2) is 9.30. The fourth-order valence-corrected chi connectivity index (χ4v) is 3.27. The Morgan fingerprint density at radius 1 is 1.13 bits per heavy atom. The number of hydrogen-bond acceptors (Lipinski definition) is 7. The number of aryl methyl sites for hydroxylation is 1. The van der Waals surface area contributed by atoms with E-state index in [0.29, 0.717) is 41.7 Å². The Labute approximate surface area is 174 Å². The van der Waals surface area contributed by atoms with Crippen molar-refractivity contribution >= 4 is 5.76 Å². The highest BCUT2D eigenvalue weighted by atomic mass is 16.5. The average Bonchev–Trinajstić information content (AvgIpc) is 3.20. The number of aromatic nitrogens is 4. The number of nitrogens with zero attached hydrogens (tertiary/aromatic N) is 4. The minimum absolute atomic E-state index is 0.160. The molecule has 30 heavy (non-hydrogen) atoms. The van der Waals surface area contributed by atoms with E-state index in [0.717, 1.165) is 30.6 Å². The first-order chi connectivity index (χ1) is 14.7. The van der Waals surface area contributed by atoms with Gasteiger partial charge in [0.1, 0.15) is 17.2 Å². The summed E-state index contributed by atoms with van der Waals surface area (Å²) in [5.74, 6) is 2.90. The largest absolute Gasteiger partial charge is 0.493 e. The van der Waals surface area contributed by atoms with Crippen LogP contribution in [0.25, 0.3) is 5.76 Å². The first-order valence-corrected chi connectivity index (χ1v) is 10.1. The number of hydrogen-bond donors (Lipinski definition) is 1. The van der Waals surface area contributed by atoms with Crippen molar-refractivity contribution in [1.82, 2.24) is 20.4 Å². The van der Waals surface area contributed by atoms with Gasteiger partial charge in [-0.05, 0) is 52.6 Å². The van der Waals surface area contributed by atoms with Crippen LogP contribution in [0.3, 0.4) is 0 Å². The molecule has 1 aliphatic rings. The van der Waals surface area contributed by atoms with Crippen LogP contribution in [-0.2, 0) is 12.8 Å². The summed E-state index contributed by atoms with van der Waals surface area (Å²) in [5.41, 5.74) is 2.27. The van der Waals surface area contributed by atoms with E-state index < -0.39 is 0 Å². The molecule has 0 saturated heterocycles. The Morgan fingerprint density at radius 3 is 2.83 bits per heavy atom. The number of fused-ring (bicyclic) bond motifs is 1. The third-order valence-electron chi connectivity index (χ3n) is 4.75. The van der Waals surface area contributed by atoms with Crippen LogP contribution < -0.4 is 14.2 Å². The lowest BCUT2D eigenvalue weighted by molar-refractivity contribution is 0.138. The van der Waals surface area contributed by atoms with Crippen LogP contribution in [0.2, 0.25) is 0 Å². The van der Waals surface area contributed by atoms with Gasteiger partial charge in [-0.25, -0.2) is 0 Å². The standard InChI is InChI=1S/C22H24N4O4/c1-2-6-16-7-3-4-8-19(16)29-14-5-13-28-18-11-9-17-10-12-20(30-21(17)15-18)22-23-24-25-26(22)27/h3-4,7-9,11-12,15,27H,2,5-6,10,13-14H2,1H3. The average molecular weight is 408 g/mol. The quantitative estimate of drug-likeness (QED) is 0.426. The molecule has 0 fully saturated rings. The number of benzene rings is 2. The predicted molar refractivity (Wildman–Crippen MR) is 110 cm³/mol. The van der Waals surface area contributed by atoms with E-state index in [1.165, 1.54) is 5.56 Å². The maximum atomic E-state index is 9.62. The lowest BCUT2D eigenvalue weighted by Crippen LogP contribution is -2.10. The molecule has 4 rings (SSSR count). The van der Waals surface area contributed by atoms with E-state index >= 15 is 0 Å². The van der Waals surface area contributed by atoms with Crippen molar-refractivity contribution in [2.24, 2.45) is 0 Å². The highest BCUT2D eigenvalue weighted by Crippen LogP contribution is 2.33. The van der Waals surface area contributed by atoms with Crippen LogP contribution in [-0.4, -0.2) is 38.8 Å². The van der Waals surface area contributed by atoms with Crippen LogP contribution in [0.5, 0.6) is 17.2 Å². The van der Waals surface area contributed by atoms with Gasteiger partial charge in [0, 0.05) is 12.5 Å². The van der Waals surface area contributed by atoms with Crippen LogP contribution in [0.15, 0.2) is 48.5 Å². The smallest absolute Gasteiger partial charge is 0.257 e. The van der Waals surface area contributed by atoms with Gasteiger partial charge in [0.15, 0.2) is 5.76 Å². The fraction of sp³-hybridized carbons (Fsp3) is 0.318. The molecule has 0 unspecified atom stereocenters. The molecule has 0 saturated carbocycles. The first kappa shape index (κ1) is 19.8. The SMILES string of the molecule is CCCc1ccccc1OCCCOc1ccc2c(c1)OC(c1nnnn1O)=CC2. The first-order valence-electron chi connectivity index (χ1n) is 10.1. The summed E-state index contributed by atoms with van der Waals surface area (Å²) in [4.78, 5) is 0.593. The molecule has 0 bridgehead atoms. The van der Waals surface area contributed by atoms with Crippen LogP contribution in [0.1, 0.15) is 36.7 Å². The Morgan fingerprint density at radius 2 is 2.00 bits per heavy atom. The van der Waals surface area contributed by atoms with Crippen molar-refractivity contribution in [2.45, 2.75) is 32.6 Å². The van der Waals surface area contributed by atoms with Crippen molar-refractivity contribution in [3.05, 3.63) is 65.5 Å². The molecular formula is C22H24N4O4. The Bertz CT molecular complexity index is 1030. The molecule has 0 amide bonds. The monoisotopic (exact) mass is 408 g/mol. The van der Waals surface area contributed by atoms with Gasteiger partial charge in [-0.15, -0.1) is 5.10 Å². The highest BCUT2D eigenvalue weighted by Gasteiger charge is 2.20. The van der Waals surface area contributed by atoms with Gasteiger partial charge in [0.2, 0.25) is 0 Å². The Balaban J connectivity index is 1.28. The zero-order valence-electron chi connectivity index (χ0n) is 16.8. The predicted octanol–water partition coefficient (Wildman–Crippen LogP) is 3.69. The molecule has 0 radical (unpaired) electrons. The number of allylic oxidation sites excluding steroid dienone is 1. The van der Waals surface area contributed by atoms with Crippen LogP contribution in [0, 0.1) is 0 Å². The van der Waals surface area contributed by atoms with Gasteiger partial charge in [-0.2, -0.15) is 0 Å². The lowest BCUT2D eigenvalue weighted by atomic mass is 10.1. The Kier molecular flexibility index (Phi) is 6.12. The Hall–Kier alpha value is -3.55. The normalized spacial score (nSPS) is 12.6. The van der Waals surface area contributed by atoms with Crippen LogP contribution >= 0.6 is 0 Å². The van der Waals surface area contributed by atoms with E-state index in [4.69, 9.17) is 14.2 Å². The van der Waals surface area contributed by atoms with Crippen molar-refractivity contribution < 1.29 is 19.4 Å². The molecule has 1 N–H and O–H groups in total. The summed E-state index contributed by atoms with van der Waals surface area (Å²) >= 11 is 0. The second-order valence-corrected chi connectivity index (χ2v) is 6.94. The molecule has 3 aromatic rings. The van der Waals surface area contributed by atoms with Crippen molar-refractivity contribution in [2.75, 3.05) is 13.2 Å². The highest BCUT2D eigenvalue weighted by molar-refractivity contribution is 5.61. The summed E-state index contributed by atoms with van der Waals surface area (Å²) < 4.78 is 17.6. The van der Waals surface area contributed by atoms with E-state index in [1.807, 2.05) is 42.5 Å². The summed E-state index contributed by atoms with van der Waals surface area (Å²) in [7, 11) is 0.